The molecule has 9 nitrogen and oxygen atoms in total. The first-order valence-corrected chi connectivity index (χ1v) is 9.65. The Labute approximate surface area is 179 Å². The van der Waals surface area contributed by atoms with Crippen molar-refractivity contribution in [1.82, 2.24) is 5.32 Å². The molecule has 0 spiro atoms. The molecule has 2 aromatic rings. The molecule has 4 rings (SSSR count). The molecule has 0 radical (unpaired) electrons. The van der Waals surface area contributed by atoms with E-state index >= 15 is 0 Å². The molecule has 2 heterocycles. The summed E-state index contributed by atoms with van der Waals surface area (Å²) in [6.45, 7) is 2.08. The minimum atomic E-state index is -0.413. The topological polar surface area (TPSA) is 121 Å². The first-order chi connectivity index (χ1) is 15.0. The number of aliphatic imine (C=N–C) groups is 2. The second-order valence-electron chi connectivity index (χ2n) is 7.09. The summed E-state index contributed by atoms with van der Waals surface area (Å²) in [7, 11) is 0. The van der Waals surface area contributed by atoms with Gasteiger partial charge in [-0.05, 0) is 36.8 Å². The van der Waals surface area contributed by atoms with Gasteiger partial charge in [-0.1, -0.05) is 30.3 Å². The van der Waals surface area contributed by atoms with E-state index in [-0.39, 0.29) is 16.5 Å². The summed E-state index contributed by atoms with van der Waals surface area (Å²) in [4.78, 5) is 33.4. The number of hydrogen-bond acceptors (Lipinski definition) is 5. The maximum atomic E-state index is 12.9. The van der Waals surface area contributed by atoms with Gasteiger partial charge < -0.3 is 16.0 Å². The van der Waals surface area contributed by atoms with E-state index < -0.39 is 5.91 Å². The quantitative estimate of drug-likeness (QED) is 0.443. The zero-order chi connectivity index (χ0) is 21.8. The number of nitrogens with zero attached hydrogens (tertiary/aromatic N) is 3. The van der Waals surface area contributed by atoms with Crippen molar-refractivity contribution >= 4 is 35.4 Å². The van der Waals surface area contributed by atoms with Crippen LogP contribution >= 0.6 is 0 Å². The predicted molar refractivity (Wildman–Crippen MR) is 120 cm³/mol. The van der Waals surface area contributed by atoms with Crippen LogP contribution in [0.25, 0.3) is 0 Å². The van der Waals surface area contributed by atoms with Crippen LogP contribution < -0.4 is 21.8 Å². The number of carbonyl (C=O) groups is 2. The number of benzene rings is 2. The van der Waals surface area contributed by atoms with Crippen LogP contribution in [0.1, 0.15) is 12.5 Å². The highest BCUT2D eigenvalue weighted by Crippen LogP contribution is 2.28. The summed E-state index contributed by atoms with van der Waals surface area (Å²) >= 11 is 0. The molecule has 2 aromatic carbocycles. The summed E-state index contributed by atoms with van der Waals surface area (Å²) in [6.07, 6.45) is 4.75. The number of amides is 3. The molecule has 0 aliphatic carbocycles. The van der Waals surface area contributed by atoms with Crippen LogP contribution in [-0.4, -0.2) is 28.6 Å². The van der Waals surface area contributed by atoms with Gasteiger partial charge in [0.2, 0.25) is 5.70 Å². The van der Waals surface area contributed by atoms with Crippen molar-refractivity contribution < 1.29 is 14.2 Å². The number of quaternary nitrogens is 1. The van der Waals surface area contributed by atoms with Crippen molar-refractivity contribution in [2.75, 3.05) is 10.6 Å². The molecule has 0 bridgehead atoms. The van der Waals surface area contributed by atoms with Crippen LogP contribution in [0.3, 0.4) is 0 Å². The normalized spacial score (nSPS) is 19.0. The third kappa shape index (κ3) is 4.27. The number of para-hydroxylation sites is 1. The Morgan fingerprint density at radius 2 is 1.81 bits per heavy atom. The number of hydrogen-bond donors (Lipinski definition) is 4. The van der Waals surface area contributed by atoms with Crippen molar-refractivity contribution in [3.05, 3.63) is 84.0 Å². The van der Waals surface area contributed by atoms with Crippen molar-refractivity contribution in [2.24, 2.45) is 15.8 Å². The van der Waals surface area contributed by atoms with Gasteiger partial charge in [-0.15, -0.1) is 4.59 Å². The number of amidine groups is 1. The van der Waals surface area contributed by atoms with Crippen LogP contribution in [0.2, 0.25) is 0 Å². The third-order valence-electron chi connectivity index (χ3n) is 4.85. The lowest BCUT2D eigenvalue weighted by atomic mass is 10.2. The largest absolute Gasteiger partial charge is 0.334 e. The lowest BCUT2D eigenvalue weighted by Crippen LogP contribution is -2.56. The average Bonchev–Trinajstić information content (AvgIpc) is 3.04. The Morgan fingerprint density at radius 3 is 2.61 bits per heavy atom. The smallest absolute Gasteiger partial charge is 0.333 e. The molecule has 1 atom stereocenters. The molecule has 156 valence electrons. The maximum absolute atomic E-state index is 12.9. The van der Waals surface area contributed by atoms with Gasteiger partial charge in [-0.3, -0.25) is 9.79 Å². The summed E-state index contributed by atoms with van der Waals surface area (Å²) in [5.41, 5.74) is 3.39. The highest BCUT2D eigenvalue weighted by molar-refractivity contribution is 6.40. The van der Waals surface area contributed by atoms with E-state index in [1.165, 1.54) is 6.20 Å². The SMILES string of the molecule is CC1=C2C=NC=C[N+]2(N)C(C(=O)Nc2cccc(CNC(=O)Nc3ccccc3)c2)=N1. The van der Waals surface area contributed by atoms with Crippen LogP contribution in [0.4, 0.5) is 16.2 Å². The Morgan fingerprint density at radius 1 is 1.03 bits per heavy atom. The highest BCUT2D eigenvalue weighted by Gasteiger charge is 2.45. The van der Waals surface area contributed by atoms with E-state index in [4.69, 9.17) is 5.84 Å². The molecule has 3 amide bonds. The van der Waals surface area contributed by atoms with E-state index in [0.29, 0.717) is 29.3 Å². The van der Waals surface area contributed by atoms with Crippen LogP contribution in [0, 0.1) is 0 Å². The number of carbonyl (C=O) groups excluding carboxylic acids is 2. The molecule has 0 saturated carbocycles. The fourth-order valence-corrected chi connectivity index (χ4v) is 3.32. The van der Waals surface area contributed by atoms with Gasteiger partial charge in [0.05, 0.1) is 12.4 Å². The molecule has 5 N–H and O–H groups in total. The van der Waals surface area contributed by atoms with E-state index in [0.717, 1.165) is 5.56 Å². The maximum Gasteiger partial charge on any atom is 0.333 e. The summed E-state index contributed by atoms with van der Waals surface area (Å²) < 4.78 is -0.317. The molecule has 31 heavy (non-hydrogen) atoms. The van der Waals surface area contributed by atoms with E-state index in [9.17, 15) is 9.59 Å². The van der Waals surface area contributed by atoms with E-state index in [1.807, 2.05) is 24.3 Å². The zero-order valence-corrected chi connectivity index (χ0v) is 16.9. The number of urea groups is 1. The molecular formula is C22H22N7O2+. The van der Waals surface area contributed by atoms with Gasteiger partial charge in [0, 0.05) is 17.9 Å². The first-order valence-electron chi connectivity index (χ1n) is 9.65. The molecule has 0 fully saturated rings. The summed E-state index contributed by atoms with van der Waals surface area (Å²) in [6, 6.07) is 16.1. The molecule has 2 aliphatic heterocycles. The van der Waals surface area contributed by atoms with Crippen molar-refractivity contribution in [2.45, 2.75) is 13.5 Å². The molecular weight excluding hydrogens is 394 g/mol. The van der Waals surface area contributed by atoms with Crippen LogP contribution in [0.15, 0.2) is 88.4 Å². The number of allylic oxidation sites excluding steroid dienone is 2. The first kappa shape index (κ1) is 20.2. The molecule has 9 heteroatoms. The monoisotopic (exact) mass is 416 g/mol. The fourth-order valence-electron chi connectivity index (χ4n) is 3.32. The predicted octanol–water partition coefficient (Wildman–Crippen LogP) is 2.84. The van der Waals surface area contributed by atoms with Gasteiger partial charge in [-0.25, -0.2) is 4.79 Å². The number of anilines is 2. The van der Waals surface area contributed by atoms with E-state index in [1.54, 1.807) is 49.7 Å². The highest BCUT2D eigenvalue weighted by atomic mass is 16.2. The number of fused-ring (bicyclic) bond motifs is 1. The molecule has 0 aromatic heterocycles. The summed E-state index contributed by atoms with van der Waals surface area (Å²) in [5, 5.41) is 8.38. The Balaban J connectivity index is 1.38. The standard InChI is InChI=1S/C22H21N7O2/c1-15-19-14-24-10-11-29(19,23)20(26-15)21(30)27-18-9-5-6-16(12-18)13-25-22(31)28-17-7-3-2-4-8-17/h2-12,14H,13,23H2,1H3,(H2-,25,27,28,30,31)/p+1. The minimum absolute atomic E-state index is 0.153. The Bertz CT molecular complexity index is 1150. The van der Waals surface area contributed by atoms with Gasteiger partial charge >= 0.3 is 17.8 Å². The molecule has 0 saturated heterocycles. The average molecular weight is 416 g/mol. The lowest BCUT2D eigenvalue weighted by molar-refractivity contribution is -0.749. The number of nitrogens with one attached hydrogen (secondary N) is 3. The minimum Gasteiger partial charge on any atom is -0.334 e. The molecule has 1 unspecified atom stereocenters. The van der Waals surface area contributed by atoms with Gasteiger partial charge in [0.25, 0.3) is 0 Å². The number of rotatable bonds is 5. The Hall–Kier alpha value is -4.08. The van der Waals surface area contributed by atoms with E-state index in [2.05, 4.69) is 25.9 Å². The Kier molecular flexibility index (Phi) is 5.44. The van der Waals surface area contributed by atoms with Crippen LogP contribution in [-0.2, 0) is 11.3 Å². The van der Waals surface area contributed by atoms with Crippen molar-refractivity contribution in [3.8, 4) is 0 Å². The third-order valence-corrected chi connectivity index (χ3v) is 4.85. The van der Waals surface area contributed by atoms with Gasteiger partial charge in [-0.2, -0.15) is 10.8 Å². The molecule has 2 aliphatic rings. The number of nitrogens with two attached hydrogens (primary N) is 1. The van der Waals surface area contributed by atoms with Crippen LogP contribution in [0.5, 0.6) is 0 Å². The van der Waals surface area contributed by atoms with Crippen molar-refractivity contribution in [1.29, 1.82) is 0 Å². The second-order valence-corrected chi connectivity index (χ2v) is 7.09. The van der Waals surface area contributed by atoms with Gasteiger partial charge in [0.15, 0.2) is 0 Å². The zero-order valence-electron chi connectivity index (χ0n) is 16.9. The second kappa shape index (κ2) is 8.34. The van der Waals surface area contributed by atoms with Crippen molar-refractivity contribution in [3.63, 3.8) is 0 Å². The summed E-state index contributed by atoms with van der Waals surface area (Å²) in [5.74, 6) is 6.12. The fraction of sp³-hybridized carbons (Fsp3) is 0.0909. The van der Waals surface area contributed by atoms with Gasteiger partial charge in [0.1, 0.15) is 11.9 Å². The lowest BCUT2D eigenvalue weighted by Gasteiger charge is -2.25.